The van der Waals surface area contributed by atoms with Crippen LogP contribution in [0.15, 0.2) is 48.7 Å². The quantitative estimate of drug-likeness (QED) is 0.779. The van der Waals surface area contributed by atoms with Crippen LogP contribution in [0.4, 0.5) is 0 Å². The largest absolute Gasteiger partial charge is 0.497 e. The summed E-state index contributed by atoms with van der Waals surface area (Å²) in [6, 6.07) is 7.60. The Hall–Kier alpha value is -2.03. The van der Waals surface area contributed by atoms with Crippen molar-refractivity contribution in [3.8, 4) is 5.75 Å². The normalized spacial score (nSPS) is 19.3. The number of nitrogens with zero attached hydrogens (tertiary/aromatic N) is 1. The molecule has 0 N–H and O–H groups in total. The van der Waals surface area contributed by atoms with Gasteiger partial charge in [-0.1, -0.05) is 24.3 Å². The molecule has 1 heterocycles. The molecule has 0 radical (unpaired) electrons. The molecule has 0 saturated carbocycles. The fourth-order valence-corrected chi connectivity index (χ4v) is 1.82. The lowest BCUT2D eigenvalue weighted by Gasteiger charge is -2.17. The van der Waals surface area contributed by atoms with Gasteiger partial charge in [0.2, 0.25) is 5.91 Å². The average molecular weight is 229 g/mol. The topological polar surface area (TPSA) is 29.5 Å². The van der Waals surface area contributed by atoms with Crippen LogP contribution in [-0.2, 0) is 4.79 Å². The van der Waals surface area contributed by atoms with Crippen molar-refractivity contribution in [2.45, 2.75) is 5.92 Å². The molecule has 3 nitrogen and oxygen atoms in total. The number of methoxy groups -OCH3 is 1. The third-order valence-electron chi connectivity index (χ3n) is 2.79. The molecule has 2 rings (SSSR count). The summed E-state index contributed by atoms with van der Waals surface area (Å²) in [5.41, 5.74) is 0.946. The van der Waals surface area contributed by atoms with Crippen molar-refractivity contribution in [2.24, 2.45) is 0 Å². The van der Waals surface area contributed by atoms with Crippen molar-refractivity contribution in [1.29, 1.82) is 0 Å². The van der Waals surface area contributed by atoms with Crippen LogP contribution in [0, 0.1) is 0 Å². The minimum absolute atomic E-state index is 0.0586. The van der Waals surface area contributed by atoms with Crippen LogP contribution in [0.3, 0.4) is 0 Å². The predicted octanol–water partition coefficient (Wildman–Crippen LogP) is 2.32. The highest BCUT2D eigenvalue weighted by Gasteiger charge is 2.21. The molecule has 88 valence electrons. The number of hydrogen-bond acceptors (Lipinski definition) is 2. The number of hydrogen-bond donors (Lipinski definition) is 0. The number of likely N-dealkylation sites (N-methyl/N-ethyl adjacent to an activating group) is 1. The standard InChI is InChI=1S/C14H15NO2/c1-15-9-4-3-8-13(14(15)16)11-6-5-7-12(10-11)17-2/h3-10,13H,1-2H3. The molecule has 1 amide bonds. The van der Waals surface area contributed by atoms with Crippen LogP contribution in [0.5, 0.6) is 5.75 Å². The summed E-state index contributed by atoms with van der Waals surface area (Å²) in [4.78, 5) is 13.7. The zero-order chi connectivity index (χ0) is 12.3. The zero-order valence-electron chi connectivity index (χ0n) is 9.96. The van der Waals surface area contributed by atoms with Crippen LogP contribution in [-0.4, -0.2) is 25.0 Å². The molecule has 0 bridgehead atoms. The molecule has 1 unspecified atom stereocenters. The van der Waals surface area contributed by atoms with Crippen LogP contribution in [0.25, 0.3) is 0 Å². The molecule has 17 heavy (non-hydrogen) atoms. The van der Waals surface area contributed by atoms with Gasteiger partial charge in [-0.2, -0.15) is 0 Å². The summed E-state index contributed by atoms with van der Waals surface area (Å²) in [6.07, 6.45) is 7.42. The molecule has 0 fully saturated rings. The third kappa shape index (κ3) is 2.38. The van der Waals surface area contributed by atoms with E-state index < -0.39 is 0 Å². The van der Waals surface area contributed by atoms with Crippen LogP contribution >= 0.6 is 0 Å². The van der Waals surface area contributed by atoms with E-state index in [0.29, 0.717) is 0 Å². The number of carbonyl (C=O) groups is 1. The van der Waals surface area contributed by atoms with E-state index in [9.17, 15) is 4.79 Å². The summed E-state index contributed by atoms with van der Waals surface area (Å²) in [6.45, 7) is 0. The highest BCUT2D eigenvalue weighted by atomic mass is 16.5. The van der Waals surface area contributed by atoms with Gasteiger partial charge in [-0.3, -0.25) is 4.79 Å². The first-order chi connectivity index (χ1) is 8.22. The second-order valence-electron chi connectivity index (χ2n) is 3.93. The lowest BCUT2D eigenvalue weighted by Crippen LogP contribution is -2.25. The van der Waals surface area contributed by atoms with Gasteiger partial charge in [0, 0.05) is 13.2 Å². The van der Waals surface area contributed by atoms with Crippen LogP contribution in [0.1, 0.15) is 11.5 Å². The monoisotopic (exact) mass is 229 g/mol. The lowest BCUT2D eigenvalue weighted by molar-refractivity contribution is -0.128. The van der Waals surface area contributed by atoms with Gasteiger partial charge in [-0.15, -0.1) is 0 Å². The molecule has 1 aromatic carbocycles. The molecule has 0 aliphatic carbocycles. The molecular weight excluding hydrogens is 214 g/mol. The van der Waals surface area contributed by atoms with Gasteiger partial charge < -0.3 is 9.64 Å². The van der Waals surface area contributed by atoms with Gasteiger partial charge in [0.25, 0.3) is 0 Å². The van der Waals surface area contributed by atoms with E-state index in [1.165, 1.54) is 0 Å². The van der Waals surface area contributed by atoms with Gasteiger partial charge >= 0.3 is 0 Å². The van der Waals surface area contributed by atoms with Crippen molar-refractivity contribution in [1.82, 2.24) is 4.90 Å². The molecule has 0 aromatic heterocycles. The van der Waals surface area contributed by atoms with Gasteiger partial charge in [0.1, 0.15) is 5.75 Å². The molecule has 1 aliphatic heterocycles. The van der Waals surface area contributed by atoms with Gasteiger partial charge in [-0.05, 0) is 23.8 Å². The average Bonchev–Trinajstić information content (AvgIpc) is 2.53. The Morgan fingerprint density at radius 1 is 1.29 bits per heavy atom. The second-order valence-corrected chi connectivity index (χ2v) is 3.93. The van der Waals surface area contributed by atoms with E-state index in [2.05, 4.69) is 0 Å². The number of amides is 1. The molecule has 0 saturated heterocycles. The van der Waals surface area contributed by atoms with E-state index in [1.807, 2.05) is 42.5 Å². The fourth-order valence-electron chi connectivity index (χ4n) is 1.82. The van der Waals surface area contributed by atoms with Gasteiger partial charge in [0.15, 0.2) is 0 Å². The Labute approximate surface area is 101 Å². The van der Waals surface area contributed by atoms with Crippen molar-refractivity contribution < 1.29 is 9.53 Å². The Bertz CT molecular complexity index is 477. The molecule has 1 atom stereocenters. The van der Waals surface area contributed by atoms with E-state index in [0.717, 1.165) is 11.3 Å². The van der Waals surface area contributed by atoms with Gasteiger partial charge in [-0.25, -0.2) is 0 Å². The first-order valence-electron chi connectivity index (χ1n) is 5.48. The maximum Gasteiger partial charge on any atom is 0.237 e. The molecule has 3 heteroatoms. The maximum atomic E-state index is 12.1. The van der Waals surface area contributed by atoms with Crippen molar-refractivity contribution in [2.75, 3.05) is 14.2 Å². The molecule has 0 spiro atoms. The SMILES string of the molecule is COc1cccc(C2C=CC=CN(C)C2=O)c1. The zero-order valence-corrected chi connectivity index (χ0v) is 9.96. The Balaban J connectivity index is 2.35. The molecular formula is C14H15NO2. The summed E-state index contributed by atoms with van der Waals surface area (Å²) in [5.74, 6) is 0.580. The number of allylic oxidation sites excluding steroid dienone is 2. The summed E-state index contributed by atoms with van der Waals surface area (Å²) in [7, 11) is 3.39. The highest BCUT2D eigenvalue weighted by molar-refractivity contribution is 5.87. The fraction of sp³-hybridized carbons (Fsp3) is 0.214. The maximum absolute atomic E-state index is 12.1. The minimum Gasteiger partial charge on any atom is -0.497 e. The van der Waals surface area contributed by atoms with E-state index in [-0.39, 0.29) is 11.8 Å². The second kappa shape index (κ2) is 4.87. The van der Waals surface area contributed by atoms with Crippen molar-refractivity contribution in [3.05, 3.63) is 54.3 Å². The number of benzene rings is 1. The highest BCUT2D eigenvalue weighted by Crippen LogP contribution is 2.25. The summed E-state index contributed by atoms with van der Waals surface area (Å²) >= 11 is 0. The lowest BCUT2D eigenvalue weighted by atomic mass is 9.97. The Morgan fingerprint density at radius 2 is 2.12 bits per heavy atom. The van der Waals surface area contributed by atoms with Gasteiger partial charge in [0.05, 0.1) is 13.0 Å². The predicted molar refractivity (Wildman–Crippen MR) is 66.8 cm³/mol. The van der Waals surface area contributed by atoms with E-state index in [1.54, 1.807) is 25.3 Å². The van der Waals surface area contributed by atoms with Crippen LogP contribution in [0.2, 0.25) is 0 Å². The third-order valence-corrected chi connectivity index (χ3v) is 2.79. The van der Waals surface area contributed by atoms with Crippen molar-refractivity contribution in [3.63, 3.8) is 0 Å². The number of ether oxygens (including phenoxy) is 1. The first-order valence-corrected chi connectivity index (χ1v) is 5.48. The smallest absolute Gasteiger partial charge is 0.237 e. The summed E-state index contributed by atoms with van der Waals surface area (Å²) in [5, 5.41) is 0. The molecule has 1 aliphatic rings. The summed E-state index contributed by atoms with van der Waals surface area (Å²) < 4.78 is 5.17. The number of carbonyl (C=O) groups excluding carboxylic acids is 1. The molecule has 1 aromatic rings. The number of rotatable bonds is 2. The van der Waals surface area contributed by atoms with E-state index in [4.69, 9.17) is 4.74 Å². The first kappa shape index (κ1) is 11.5. The Kier molecular flexibility index (Phi) is 3.28. The Morgan fingerprint density at radius 3 is 2.88 bits per heavy atom. The van der Waals surface area contributed by atoms with E-state index >= 15 is 0 Å². The minimum atomic E-state index is -0.245. The van der Waals surface area contributed by atoms with Crippen molar-refractivity contribution >= 4 is 5.91 Å². The van der Waals surface area contributed by atoms with Crippen LogP contribution < -0.4 is 4.74 Å².